The molecule has 4 nitrogen and oxygen atoms in total. The van der Waals surface area contributed by atoms with Gasteiger partial charge in [-0.25, -0.2) is 0 Å². The minimum Gasteiger partial charge on any atom is -0.387 e. The SMILES string of the molecule is CCCNC(=O)CCNCC(O)c1ccccc1Cl. The number of hydrogen-bond acceptors (Lipinski definition) is 3. The number of carbonyl (C=O) groups is 1. The summed E-state index contributed by atoms with van der Waals surface area (Å²) in [5.74, 6) is 0.0292. The van der Waals surface area contributed by atoms with Crippen molar-refractivity contribution in [1.82, 2.24) is 10.6 Å². The van der Waals surface area contributed by atoms with E-state index in [0.717, 1.165) is 6.42 Å². The van der Waals surface area contributed by atoms with Gasteiger partial charge in [0.15, 0.2) is 0 Å². The molecule has 1 atom stereocenters. The van der Waals surface area contributed by atoms with Crippen LogP contribution in [0.15, 0.2) is 24.3 Å². The van der Waals surface area contributed by atoms with Crippen LogP contribution >= 0.6 is 11.6 Å². The smallest absolute Gasteiger partial charge is 0.221 e. The molecule has 0 spiro atoms. The molecule has 0 fully saturated rings. The van der Waals surface area contributed by atoms with Crippen LogP contribution in [0.5, 0.6) is 0 Å². The average molecular weight is 285 g/mol. The van der Waals surface area contributed by atoms with E-state index in [2.05, 4.69) is 10.6 Å². The van der Waals surface area contributed by atoms with Gasteiger partial charge < -0.3 is 15.7 Å². The van der Waals surface area contributed by atoms with Gasteiger partial charge in [-0.1, -0.05) is 36.7 Å². The zero-order valence-electron chi connectivity index (χ0n) is 11.2. The standard InChI is InChI=1S/C14H21ClN2O2/c1-2-8-17-14(19)7-9-16-10-13(18)11-5-3-4-6-12(11)15/h3-6,13,16,18H,2,7-10H2,1H3,(H,17,19). The van der Waals surface area contributed by atoms with Gasteiger partial charge in [-0.3, -0.25) is 4.79 Å². The maximum atomic E-state index is 11.3. The summed E-state index contributed by atoms with van der Waals surface area (Å²) in [5.41, 5.74) is 0.701. The molecule has 0 aliphatic carbocycles. The first-order chi connectivity index (χ1) is 9.15. The van der Waals surface area contributed by atoms with Gasteiger partial charge in [0.05, 0.1) is 6.10 Å². The van der Waals surface area contributed by atoms with E-state index in [1.165, 1.54) is 0 Å². The van der Waals surface area contributed by atoms with Crippen LogP contribution < -0.4 is 10.6 Å². The first kappa shape index (κ1) is 16.0. The van der Waals surface area contributed by atoms with Crippen LogP contribution in [0.1, 0.15) is 31.4 Å². The van der Waals surface area contributed by atoms with Crippen molar-refractivity contribution < 1.29 is 9.90 Å². The number of benzene rings is 1. The Morgan fingerprint density at radius 2 is 2.11 bits per heavy atom. The van der Waals surface area contributed by atoms with Gasteiger partial charge in [0.2, 0.25) is 5.91 Å². The molecule has 1 aromatic rings. The van der Waals surface area contributed by atoms with Crippen LogP contribution in [-0.2, 0) is 4.79 Å². The van der Waals surface area contributed by atoms with Crippen molar-refractivity contribution >= 4 is 17.5 Å². The molecule has 0 heterocycles. The Kier molecular flexibility index (Phi) is 7.48. The molecule has 1 amide bonds. The van der Waals surface area contributed by atoms with Crippen LogP contribution in [0.3, 0.4) is 0 Å². The number of aliphatic hydroxyl groups excluding tert-OH is 1. The van der Waals surface area contributed by atoms with Crippen molar-refractivity contribution in [3.05, 3.63) is 34.9 Å². The Morgan fingerprint density at radius 1 is 1.37 bits per heavy atom. The molecule has 0 bridgehead atoms. The van der Waals surface area contributed by atoms with Gasteiger partial charge >= 0.3 is 0 Å². The Labute approximate surface area is 119 Å². The zero-order chi connectivity index (χ0) is 14.1. The van der Waals surface area contributed by atoms with Crippen LogP contribution in [0.2, 0.25) is 5.02 Å². The molecule has 19 heavy (non-hydrogen) atoms. The molecule has 0 radical (unpaired) electrons. The minimum atomic E-state index is -0.660. The molecule has 1 aromatic carbocycles. The number of amides is 1. The van der Waals surface area contributed by atoms with Gasteiger partial charge in [0, 0.05) is 36.6 Å². The maximum absolute atomic E-state index is 11.3. The molecule has 0 aliphatic heterocycles. The summed E-state index contributed by atoms with van der Waals surface area (Å²) in [6.07, 6.45) is 0.687. The van der Waals surface area contributed by atoms with Crippen LogP contribution in [0, 0.1) is 0 Å². The van der Waals surface area contributed by atoms with E-state index in [9.17, 15) is 9.90 Å². The summed E-state index contributed by atoms with van der Waals surface area (Å²) in [7, 11) is 0. The molecule has 1 unspecified atom stereocenters. The molecule has 5 heteroatoms. The van der Waals surface area contributed by atoms with Crippen molar-refractivity contribution in [2.45, 2.75) is 25.9 Å². The molecule has 106 valence electrons. The van der Waals surface area contributed by atoms with E-state index in [-0.39, 0.29) is 5.91 Å². The highest BCUT2D eigenvalue weighted by Crippen LogP contribution is 2.21. The summed E-state index contributed by atoms with van der Waals surface area (Å²) in [6, 6.07) is 7.20. The van der Waals surface area contributed by atoms with Crippen molar-refractivity contribution in [2.24, 2.45) is 0 Å². The molecular formula is C14H21ClN2O2. The number of rotatable bonds is 8. The second kappa shape index (κ2) is 8.91. The first-order valence-electron chi connectivity index (χ1n) is 6.55. The molecule has 0 saturated heterocycles. The number of aliphatic hydroxyl groups is 1. The molecule has 0 aliphatic rings. The first-order valence-corrected chi connectivity index (χ1v) is 6.92. The third kappa shape index (κ3) is 6.05. The third-order valence-electron chi connectivity index (χ3n) is 2.70. The predicted octanol–water partition coefficient (Wildman–Crippen LogP) is 1.88. The Bertz CT molecular complexity index is 399. The minimum absolute atomic E-state index is 0.0292. The maximum Gasteiger partial charge on any atom is 0.221 e. The summed E-state index contributed by atoms with van der Waals surface area (Å²) < 4.78 is 0. The Balaban J connectivity index is 2.23. The van der Waals surface area contributed by atoms with Crippen LogP contribution in [-0.4, -0.2) is 30.6 Å². The zero-order valence-corrected chi connectivity index (χ0v) is 11.9. The van der Waals surface area contributed by atoms with Crippen LogP contribution in [0.4, 0.5) is 0 Å². The van der Waals surface area contributed by atoms with Gasteiger partial charge in [-0.15, -0.1) is 0 Å². The van der Waals surface area contributed by atoms with E-state index in [0.29, 0.717) is 36.6 Å². The van der Waals surface area contributed by atoms with Crippen molar-refractivity contribution in [3.63, 3.8) is 0 Å². The third-order valence-corrected chi connectivity index (χ3v) is 3.05. The summed E-state index contributed by atoms with van der Waals surface area (Å²) >= 11 is 5.99. The van der Waals surface area contributed by atoms with E-state index in [4.69, 9.17) is 11.6 Å². The lowest BCUT2D eigenvalue weighted by Crippen LogP contribution is -2.30. The highest BCUT2D eigenvalue weighted by Gasteiger charge is 2.10. The molecule has 0 aromatic heterocycles. The fourth-order valence-corrected chi connectivity index (χ4v) is 1.91. The monoisotopic (exact) mass is 284 g/mol. The van der Waals surface area contributed by atoms with E-state index >= 15 is 0 Å². The van der Waals surface area contributed by atoms with Gasteiger partial charge in [0.1, 0.15) is 0 Å². The molecular weight excluding hydrogens is 264 g/mol. The van der Waals surface area contributed by atoms with Gasteiger partial charge in [-0.05, 0) is 12.5 Å². The molecule has 3 N–H and O–H groups in total. The fourth-order valence-electron chi connectivity index (χ4n) is 1.65. The fraction of sp³-hybridized carbons (Fsp3) is 0.500. The lowest BCUT2D eigenvalue weighted by Gasteiger charge is -2.13. The topological polar surface area (TPSA) is 61.4 Å². The van der Waals surface area contributed by atoms with E-state index in [1.54, 1.807) is 12.1 Å². The van der Waals surface area contributed by atoms with Crippen molar-refractivity contribution in [2.75, 3.05) is 19.6 Å². The predicted molar refractivity (Wildman–Crippen MR) is 77.2 cm³/mol. The van der Waals surface area contributed by atoms with Crippen molar-refractivity contribution in [3.8, 4) is 0 Å². The Hall–Kier alpha value is -1.10. The summed E-state index contributed by atoms with van der Waals surface area (Å²) in [4.78, 5) is 11.3. The Morgan fingerprint density at radius 3 is 2.79 bits per heavy atom. The van der Waals surface area contributed by atoms with Crippen LogP contribution in [0.25, 0.3) is 0 Å². The number of hydrogen-bond donors (Lipinski definition) is 3. The largest absolute Gasteiger partial charge is 0.387 e. The van der Waals surface area contributed by atoms with E-state index < -0.39 is 6.10 Å². The number of carbonyl (C=O) groups excluding carboxylic acids is 1. The highest BCUT2D eigenvalue weighted by atomic mass is 35.5. The molecule has 0 saturated carbocycles. The summed E-state index contributed by atoms with van der Waals surface area (Å²) in [5, 5.41) is 16.4. The van der Waals surface area contributed by atoms with Gasteiger partial charge in [-0.2, -0.15) is 0 Å². The average Bonchev–Trinajstić information content (AvgIpc) is 2.41. The lowest BCUT2D eigenvalue weighted by atomic mass is 10.1. The second-order valence-corrected chi connectivity index (χ2v) is 4.75. The highest BCUT2D eigenvalue weighted by molar-refractivity contribution is 6.31. The van der Waals surface area contributed by atoms with Crippen molar-refractivity contribution in [1.29, 1.82) is 0 Å². The number of nitrogens with one attached hydrogen (secondary N) is 2. The lowest BCUT2D eigenvalue weighted by molar-refractivity contribution is -0.121. The van der Waals surface area contributed by atoms with Gasteiger partial charge in [0.25, 0.3) is 0 Å². The summed E-state index contributed by atoms with van der Waals surface area (Å²) in [6.45, 7) is 3.64. The normalized spacial score (nSPS) is 12.2. The van der Waals surface area contributed by atoms with E-state index in [1.807, 2.05) is 19.1 Å². The molecule has 1 rings (SSSR count). The quantitative estimate of drug-likeness (QED) is 0.639. The number of halogens is 1. The second-order valence-electron chi connectivity index (χ2n) is 4.34.